The minimum Gasteiger partial charge on any atom is -0.497 e. The molecule has 3 aromatic carbocycles. The van der Waals surface area contributed by atoms with E-state index in [2.05, 4.69) is 22.8 Å². The van der Waals surface area contributed by atoms with E-state index < -0.39 is 11.6 Å². The van der Waals surface area contributed by atoms with Crippen LogP contribution >= 0.6 is 23.8 Å². The first-order valence-corrected chi connectivity index (χ1v) is 12.2. The van der Waals surface area contributed by atoms with Crippen molar-refractivity contribution in [3.63, 3.8) is 0 Å². The predicted octanol–water partition coefficient (Wildman–Crippen LogP) is 5.19. The van der Waals surface area contributed by atoms with Crippen LogP contribution in [0.15, 0.2) is 72.8 Å². The quantitative estimate of drug-likeness (QED) is 0.448. The summed E-state index contributed by atoms with van der Waals surface area (Å²) in [7, 11) is 1.62. The van der Waals surface area contributed by atoms with Gasteiger partial charge in [-0.15, -0.1) is 0 Å². The molecule has 35 heavy (non-hydrogen) atoms. The number of ether oxygens (including phenoxy) is 2. The molecule has 1 amide bonds. The molecule has 2 aliphatic rings. The van der Waals surface area contributed by atoms with Crippen LogP contribution in [-0.4, -0.2) is 35.3 Å². The second kappa shape index (κ2) is 9.40. The van der Waals surface area contributed by atoms with Crippen LogP contribution in [0.25, 0.3) is 0 Å². The largest absolute Gasteiger partial charge is 0.497 e. The van der Waals surface area contributed by atoms with Crippen molar-refractivity contribution in [2.24, 2.45) is 5.92 Å². The standard InChI is InChI=1S/C27H26ClN3O3S/c1-27-23(25(32)29-19-10-8-18(28)9-11-19)24(21-16-20(33-2)12-13-22(21)34-27)30-26(35)31(27)15-14-17-6-4-3-5-7-17/h3-13,16,23-24H,14-15H2,1-2H3,(H,29,32)(H,30,35)/t23-,24-,27-/m1/s1. The van der Waals surface area contributed by atoms with Gasteiger partial charge in [-0.05, 0) is 73.6 Å². The van der Waals surface area contributed by atoms with Gasteiger partial charge in [0.1, 0.15) is 17.4 Å². The summed E-state index contributed by atoms with van der Waals surface area (Å²) in [6.07, 6.45) is 0.757. The van der Waals surface area contributed by atoms with E-state index in [1.165, 1.54) is 5.56 Å². The Balaban J connectivity index is 1.52. The molecule has 5 rings (SSSR count). The summed E-state index contributed by atoms with van der Waals surface area (Å²) in [6, 6.07) is 22.5. The molecule has 2 heterocycles. The molecule has 6 nitrogen and oxygen atoms in total. The van der Waals surface area contributed by atoms with Gasteiger partial charge in [0, 0.05) is 22.8 Å². The Hall–Kier alpha value is -3.29. The third-order valence-corrected chi connectivity index (χ3v) is 7.29. The van der Waals surface area contributed by atoms with Gasteiger partial charge in [-0.25, -0.2) is 0 Å². The lowest BCUT2D eigenvalue weighted by Crippen LogP contribution is -2.71. The Morgan fingerprint density at radius 1 is 1.17 bits per heavy atom. The molecule has 3 aromatic rings. The number of nitrogens with one attached hydrogen (secondary N) is 2. The molecule has 0 aliphatic carbocycles. The van der Waals surface area contributed by atoms with E-state index in [-0.39, 0.29) is 11.9 Å². The number of rotatable bonds is 6. The number of nitrogens with zero attached hydrogens (tertiary/aromatic N) is 1. The van der Waals surface area contributed by atoms with Crippen molar-refractivity contribution in [1.82, 2.24) is 10.2 Å². The first-order chi connectivity index (χ1) is 16.9. The van der Waals surface area contributed by atoms with Gasteiger partial charge in [0.15, 0.2) is 10.8 Å². The molecule has 8 heteroatoms. The molecule has 0 radical (unpaired) electrons. The summed E-state index contributed by atoms with van der Waals surface area (Å²) in [4.78, 5) is 15.8. The Morgan fingerprint density at radius 3 is 2.63 bits per heavy atom. The van der Waals surface area contributed by atoms with Gasteiger partial charge in [-0.2, -0.15) is 0 Å². The maximum Gasteiger partial charge on any atom is 0.236 e. The van der Waals surface area contributed by atoms with Gasteiger partial charge in [0.2, 0.25) is 5.91 Å². The zero-order valence-corrected chi connectivity index (χ0v) is 21.0. The van der Waals surface area contributed by atoms with Crippen molar-refractivity contribution < 1.29 is 14.3 Å². The van der Waals surface area contributed by atoms with Crippen LogP contribution in [0.1, 0.15) is 24.1 Å². The molecule has 1 fully saturated rings. The molecule has 0 spiro atoms. The fourth-order valence-corrected chi connectivity index (χ4v) is 5.44. The maximum absolute atomic E-state index is 13.8. The summed E-state index contributed by atoms with van der Waals surface area (Å²) in [5, 5.41) is 7.63. The normalized spacial score (nSPS) is 22.5. The molecular weight excluding hydrogens is 482 g/mol. The molecule has 2 bridgehead atoms. The average molecular weight is 508 g/mol. The first-order valence-electron chi connectivity index (χ1n) is 11.4. The minimum absolute atomic E-state index is 0.173. The van der Waals surface area contributed by atoms with Crippen molar-refractivity contribution in [2.75, 3.05) is 19.0 Å². The highest BCUT2D eigenvalue weighted by molar-refractivity contribution is 7.80. The summed E-state index contributed by atoms with van der Waals surface area (Å²) in [5.74, 6) is 0.619. The van der Waals surface area contributed by atoms with Crippen molar-refractivity contribution in [2.45, 2.75) is 25.1 Å². The Bertz CT molecular complexity index is 1250. The van der Waals surface area contributed by atoms with Gasteiger partial charge >= 0.3 is 0 Å². The third kappa shape index (κ3) is 4.42. The van der Waals surface area contributed by atoms with E-state index in [1.807, 2.05) is 48.2 Å². The van der Waals surface area contributed by atoms with Crippen LogP contribution < -0.4 is 20.1 Å². The van der Waals surface area contributed by atoms with E-state index in [1.54, 1.807) is 31.4 Å². The van der Waals surface area contributed by atoms with Crippen molar-refractivity contribution in [3.8, 4) is 11.5 Å². The fourth-order valence-electron chi connectivity index (χ4n) is 4.92. The lowest BCUT2D eigenvalue weighted by atomic mass is 9.78. The van der Waals surface area contributed by atoms with Crippen LogP contribution in [0.2, 0.25) is 5.02 Å². The van der Waals surface area contributed by atoms with Crippen LogP contribution in [0.3, 0.4) is 0 Å². The predicted molar refractivity (Wildman–Crippen MR) is 141 cm³/mol. The minimum atomic E-state index is -1.00. The number of thiocarbonyl (C=S) groups is 1. The highest BCUT2D eigenvalue weighted by Crippen LogP contribution is 2.49. The smallest absolute Gasteiger partial charge is 0.236 e. The van der Waals surface area contributed by atoms with Crippen LogP contribution in [0.5, 0.6) is 11.5 Å². The summed E-state index contributed by atoms with van der Waals surface area (Å²) < 4.78 is 12.1. The molecule has 0 saturated carbocycles. The highest BCUT2D eigenvalue weighted by atomic mass is 35.5. The van der Waals surface area contributed by atoms with Crippen molar-refractivity contribution >= 4 is 40.5 Å². The van der Waals surface area contributed by atoms with E-state index in [4.69, 9.17) is 33.3 Å². The third-order valence-electron chi connectivity index (χ3n) is 6.70. The number of fused-ring (bicyclic) bond motifs is 4. The lowest BCUT2D eigenvalue weighted by Gasteiger charge is -2.56. The maximum atomic E-state index is 13.8. The summed E-state index contributed by atoms with van der Waals surface area (Å²) in [6.45, 7) is 2.53. The molecule has 0 aromatic heterocycles. The first kappa shape index (κ1) is 23.5. The van der Waals surface area contributed by atoms with E-state index >= 15 is 0 Å². The second-order valence-electron chi connectivity index (χ2n) is 8.85. The monoisotopic (exact) mass is 507 g/mol. The number of hydrogen-bond donors (Lipinski definition) is 2. The molecular formula is C27H26ClN3O3S. The number of anilines is 1. The number of carbonyl (C=O) groups is 1. The molecule has 1 saturated heterocycles. The number of methoxy groups -OCH3 is 1. The zero-order chi connectivity index (χ0) is 24.6. The molecule has 3 atom stereocenters. The molecule has 2 N–H and O–H groups in total. The van der Waals surface area contributed by atoms with Gasteiger partial charge in [-0.1, -0.05) is 41.9 Å². The van der Waals surface area contributed by atoms with Crippen LogP contribution in [0.4, 0.5) is 5.69 Å². The van der Waals surface area contributed by atoms with Gasteiger partial charge in [0.25, 0.3) is 0 Å². The lowest BCUT2D eigenvalue weighted by molar-refractivity contribution is -0.149. The van der Waals surface area contributed by atoms with Gasteiger partial charge in [0.05, 0.1) is 13.2 Å². The molecule has 180 valence electrons. The van der Waals surface area contributed by atoms with Gasteiger partial charge in [-0.3, -0.25) is 4.79 Å². The van der Waals surface area contributed by atoms with Crippen molar-refractivity contribution in [1.29, 1.82) is 0 Å². The van der Waals surface area contributed by atoms with E-state index in [9.17, 15) is 4.79 Å². The fraction of sp³-hybridized carbons (Fsp3) is 0.259. The summed E-state index contributed by atoms with van der Waals surface area (Å²) in [5.41, 5.74) is 1.68. The number of halogens is 1. The Morgan fingerprint density at radius 2 is 1.91 bits per heavy atom. The zero-order valence-electron chi connectivity index (χ0n) is 19.5. The van der Waals surface area contributed by atoms with E-state index in [0.29, 0.717) is 33.9 Å². The van der Waals surface area contributed by atoms with E-state index in [0.717, 1.165) is 12.0 Å². The molecule has 0 unspecified atom stereocenters. The van der Waals surface area contributed by atoms with Crippen LogP contribution in [-0.2, 0) is 11.2 Å². The molecule has 2 aliphatic heterocycles. The number of amides is 1. The highest BCUT2D eigenvalue weighted by Gasteiger charge is 2.58. The number of benzene rings is 3. The Kier molecular flexibility index (Phi) is 6.30. The number of hydrogen-bond acceptors (Lipinski definition) is 4. The second-order valence-corrected chi connectivity index (χ2v) is 9.67. The number of carbonyl (C=O) groups excluding carboxylic acids is 1. The van der Waals surface area contributed by atoms with Gasteiger partial charge < -0.3 is 25.0 Å². The average Bonchev–Trinajstić information content (AvgIpc) is 2.85. The van der Waals surface area contributed by atoms with Crippen molar-refractivity contribution in [3.05, 3.63) is 88.9 Å². The Labute approximate surface area is 215 Å². The topological polar surface area (TPSA) is 62.8 Å². The SMILES string of the molecule is COc1ccc2c(c1)[C@H]1NC(=S)N(CCc3ccccc3)[C@](C)(O2)[C@H]1C(=O)Nc1ccc(Cl)cc1. The van der Waals surface area contributed by atoms with Crippen LogP contribution in [0, 0.1) is 5.92 Å². The summed E-state index contributed by atoms with van der Waals surface area (Å²) >= 11 is 11.8.